The molecular formula is C50H31N. The van der Waals surface area contributed by atoms with Crippen LogP contribution in [-0.4, -0.2) is 4.98 Å². The summed E-state index contributed by atoms with van der Waals surface area (Å²) < 4.78 is 0. The summed E-state index contributed by atoms with van der Waals surface area (Å²) >= 11 is 0. The van der Waals surface area contributed by atoms with Gasteiger partial charge in [0.15, 0.2) is 0 Å². The Balaban J connectivity index is 1.11. The van der Waals surface area contributed by atoms with Gasteiger partial charge in [0.1, 0.15) is 0 Å². The third kappa shape index (κ3) is 4.00. The van der Waals surface area contributed by atoms with Crippen LogP contribution in [0, 0.1) is 0 Å². The molecule has 11 rings (SSSR count). The number of aromatic nitrogens is 1. The molecule has 0 saturated heterocycles. The Bertz CT molecular complexity index is 2730. The van der Waals surface area contributed by atoms with Gasteiger partial charge in [-0.3, -0.25) is 0 Å². The fourth-order valence-corrected chi connectivity index (χ4v) is 9.06. The average molecular weight is 646 g/mol. The Morgan fingerprint density at radius 1 is 0.294 bits per heavy atom. The van der Waals surface area contributed by atoms with Crippen molar-refractivity contribution in [2.24, 2.45) is 0 Å². The number of benzene rings is 8. The third-order valence-corrected chi connectivity index (χ3v) is 11.2. The van der Waals surface area contributed by atoms with Crippen molar-refractivity contribution in [3.05, 3.63) is 210 Å². The summed E-state index contributed by atoms with van der Waals surface area (Å²) in [6.07, 6.45) is 0. The van der Waals surface area contributed by atoms with Gasteiger partial charge in [-0.25, -0.2) is 4.98 Å². The molecule has 2 aliphatic carbocycles. The zero-order valence-electron chi connectivity index (χ0n) is 27.8. The summed E-state index contributed by atoms with van der Waals surface area (Å²) in [4.78, 5) is 5.24. The molecule has 236 valence electrons. The molecule has 0 aliphatic heterocycles. The van der Waals surface area contributed by atoms with Crippen molar-refractivity contribution in [1.82, 2.24) is 4.98 Å². The maximum atomic E-state index is 5.24. The van der Waals surface area contributed by atoms with Crippen LogP contribution in [0.1, 0.15) is 22.3 Å². The van der Waals surface area contributed by atoms with Crippen molar-refractivity contribution in [1.29, 1.82) is 0 Å². The lowest BCUT2D eigenvalue weighted by atomic mass is 9.70. The second kappa shape index (κ2) is 10.7. The largest absolute Gasteiger partial charge is 0.248 e. The highest BCUT2D eigenvalue weighted by Crippen LogP contribution is 2.62. The van der Waals surface area contributed by atoms with Crippen molar-refractivity contribution in [3.63, 3.8) is 0 Å². The van der Waals surface area contributed by atoms with Crippen LogP contribution in [0.5, 0.6) is 0 Å². The van der Waals surface area contributed by atoms with E-state index in [1.54, 1.807) is 0 Å². The number of rotatable bonds is 4. The second-order valence-corrected chi connectivity index (χ2v) is 13.9. The van der Waals surface area contributed by atoms with Gasteiger partial charge in [-0.1, -0.05) is 164 Å². The summed E-state index contributed by atoms with van der Waals surface area (Å²) in [5.41, 5.74) is 16.6. The molecule has 0 fully saturated rings. The first kappa shape index (κ1) is 28.3. The predicted molar refractivity (Wildman–Crippen MR) is 212 cm³/mol. The Kier molecular flexibility index (Phi) is 5.94. The summed E-state index contributed by atoms with van der Waals surface area (Å²) in [5, 5.41) is 5.39. The standard InChI is InChI=1S/C50H31N/c1-3-12-32(13-4-1)39-30-46(33-14-5-2-6-15-33)51-47(31-39)38-19-9-18-36(28-38)37-26-27-41-40-20-7-8-21-42(40)50(45(41)29-37)43-22-10-16-34-24-25-35-17-11-23-44(50)49(35)48(34)43/h1-31H. The molecule has 51 heavy (non-hydrogen) atoms. The van der Waals surface area contributed by atoms with Crippen LogP contribution in [0.2, 0.25) is 0 Å². The van der Waals surface area contributed by atoms with Gasteiger partial charge in [0.05, 0.1) is 16.8 Å². The molecule has 0 amide bonds. The molecule has 1 heteroatoms. The molecule has 0 bridgehead atoms. The van der Waals surface area contributed by atoms with E-state index in [2.05, 4.69) is 188 Å². The van der Waals surface area contributed by atoms with Gasteiger partial charge in [0.2, 0.25) is 0 Å². The lowest BCUT2D eigenvalue weighted by Crippen LogP contribution is -2.26. The highest BCUT2D eigenvalue weighted by molar-refractivity contribution is 6.17. The number of pyridine rings is 1. The lowest BCUT2D eigenvalue weighted by Gasteiger charge is -2.31. The summed E-state index contributed by atoms with van der Waals surface area (Å²) in [6, 6.07) is 69.0. The quantitative estimate of drug-likeness (QED) is 0.174. The van der Waals surface area contributed by atoms with E-state index < -0.39 is 0 Å². The molecular weight excluding hydrogens is 615 g/mol. The minimum Gasteiger partial charge on any atom is -0.248 e. The number of hydrogen-bond acceptors (Lipinski definition) is 1. The monoisotopic (exact) mass is 645 g/mol. The van der Waals surface area contributed by atoms with Crippen molar-refractivity contribution in [3.8, 4) is 55.9 Å². The molecule has 1 spiro atoms. The molecule has 1 heterocycles. The molecule has 0 atom stereocenters. The Hall–Kier alpha value is -6.57. The van der Waals surface area contributed by atoms with Gasteiger partial charge < -0.3 is 0 Å². The Morgan fingerprint density at radius 2 is 0.824 bits per heavy atom. The first-order valence-electron chi connectivity index (χ1n) is 17.7. The van der Waals surface area contributed by atoms with Crippen molar-refractivity contribution < 1.29 is 0 Å². The van der Waals surface area contributed by atoms with Crippen molar-refractivity contribution in [2.45, 2.75) is 5.41 Å². The first-order chi connectivity index (χ1) is 25.3. The predicted octanol–water partition coefficient (Wildman–Crippen LogP) is 12.7. The van der Waals surface area contributed by atoms with Crippen LogP contribution >= 0.6 is 0 Å². The van der Waals surface area contributed by atoms with Gasteiger partial charge in [0.25, 0.3) is 0 Å². The minimum atomic E-state index is -0.377. The minimum absolute atomic E-state index is 0.377. The summed E-state index contributed by atoms with van der Waals surface area (Å²) in [5.74, 6) is 0. The molecule has 0 saturated carbocycles. The Morgan fingerprint density at radius 3 is 1.55 bits per heavy atom. The zero-order valence-corrected chi connectivity index (χ0v) is 27.8. The fraction of sp³-hybridized carbons (Fsp3) is 0.0200. The molecule has 0 N–H and O–H groups in total. The third-order valence-electron chi connectivity index (χ3n) is 11.2. The van der Waals surface area contributed by atoms with E-state index in [1.165, 1.54) is 71.6 Å². The molecule has 1 nitrogen and oxygen atoms in total. The van der Waals surface area contributed by atoms with E-state index in [0.717, 1.165) is 28.1 Å². The molecule has 0 unspecified atom stereocenters. The molecule has 9 aromatic rings. The van der Waals surface area contributed by atoms with E-state index in [9.17, 15) is 0 Å². The molecule has 8 aromatic carbocycles. The summed E-state index contributed by atoms with van der Waals surface area (Å²) in [7, 11) is 0. The lowest BCUT2D eigenvalue weighted by molar-refractivity contribution is 0.797. The fourth-order valence-electron chi connectivity index (χ4n) is 9.06. The van der Waals surface area contributed by atoms with Gasteiger partial charge in [-0.2, -0.15) is 0 Å². The summed E-state index contributed by atoms with van der Waals surface area (Å²) in [6.45, 7) is 0. The van der Waals surface area contributed by atoms with Gasteiger partial charge in [-0.05, 0) is 101 Å². The zero-order chi connectivity index (χ0) is 33.5. The average Bonchev–Trinajstić information content (AvgIpc) is 3.68. The highest BCUT2D eigenvalue weighted by Gasteiger charge is 2.50. The second-order valence-electron chi connectivity index (χ2n) is 13.9. The van der Waals surface area contributed by atoms with E-state index in [-0.39, 0.29) is 5.41 Å². The molecule has 1 aromatic heterocycles. The topological polar surface area (TPSA) is 12.9 Å². The smallest absolute Gasteiger partial charge is 0.0726 e. The van der Waals surface area contributed by atoms with Crippen molar-refractivity contribution in [2.75, 3.05) is 0 Å². The van der Waals surface area contributed by atoms with E-state index >= 15 is 0 Å². The van der Waals surface area contributed by atoms with Crippen LogP contribution < -0.4 is 0 Å². The van der Waals surface area contributed by atoms with Crippen LogP contribution in [0.4, 0.5) is 0 Å². The van der Waals surface area contributed by atoms with E-state index in [1.807, 2.05) is 0 Å². The maximum absolute atomic E-state index is 5.24. The Labute approximate surface area is 297 Å². The van der Waals surface area contributed by atoms with Gasteiger partial charge in [-0.15, -0.1) is 0 Å². The number of fused-ring (bicyclic) bond motifs is 7. The van der Waals surface area contributed by atoms with E-state index in [0.29, 0.717) is 0 Å². The SMILES string of the molecule is c1ccc(-c2cc(-c3ccccc3)nc(-c3cccc(-c4ccc5c(c4)C4(c6ccccc6-5)c5cccc6ccc7cccc4c7c56)c3)c2)cc1. The first-order valence-corrected chi connectivity index (χ1v) is 17.7. The van der Waals surface area contributed by atoms with Crippen LogP contribution in [-0.2, 0) is 5.41 Å². The molecule has 0 radical (unpaired) electrons. The van der Waals surface area contributed by atoms with Gasteiger partial charge >= 0.3 is 0 Å². The van der Waals surface area contributed by atoms with Gasteiger partial charge in [0, 0.05) is 11.1 Å². The number of hydrogen-bond donors (Lipinski definition) is 0. The highest BCUT2D eigenvalue weighted by atomic mass is 14.7. The maximum Gasteiger partial charge on any atom is 0.0726 e. The normalized spacial score (nSPS) is 13.3. The molecule has 2 aliphatic rings. The van der Waals surface area contributed by atoms with E-state index in [4.69, 9.17) is 4.98 Å². The number of nitrogens with zero attached hydrogens (tertiary/aromatic N) is 1. The van der Waals surface area contributed by atoms with Crippen LogP contribution in [0.25, 0.3) is 77.4 Å². The van der Waals surface area contributed by atoms with Crippen LogP contribution in [0.3, 0.4) is 0 Å². The van der Waals surface area contributed by atoms with Crippen LogP contribution in [0.15, 0.2) is 188 Å². The van der Waals surface area contributed by atoms with Crippen molar-refractivity contribution >= 4 is 21.5 Å².